The topological polar surface area (TPSA) is 92.0 Å². The molecule has 0 saturated carbocycles. The molecule has 0 unspecified atom stereocenters. The van der Waals surface area contributed by atoms with Gasteiger partial charge < -0.3 is 9.05 Å². The highest BCUT2D eigenvalue weighted by atomic mass is 16.5. The van der Waals surface area contributed by atoms with Crippen LogP contribution in [0.2, 0.25) is 0 Å². The summed E-state index contributed by atoms with van der Waals surface area (Å²) in [6.07, 6.45) is 0. The standard InChI is InChI=1S/C12H8N2O4/c15-11-5-9(13-17-11)7-2-1-3-8(4-7)10-6-12(16)18-14-10/h1-6,13-14H. The second-order valence-electron chi connectivity index (χ2n) is 3.74. The molecule has 0 bridgehead atoms. The maximum atomic E-state index is 11.0. The zero-order valence-electron chi connectivity index (χ0n) is 9.10. The molecule has 0 amide bonds. The summed E-state index contributed by atoms with van der Waals surface area (Å²) in [5.74, 6) is 0. The molecule has 3 aromatic rings. The summed E-state index contributed by atoms with van der Waals surface area (Å²) in [6, 6.07) is 9.97. The molecule has 0 aliphatic rings. The molecule has 0 spiro atoms. The highest BCUT2D eigenvalue weighted by Gasteiger charge is 2.06. The SMILES string of the molecule is O=c1cc(-c2cccc(-c3cc(=O)o[nH]3)c2)[nH]o1. The second-order valence-corrected chi connectivity index (χ2v) is 3.74. The first-order chi connectivity index (χ1) is 8.72. The van der Waals surface area contributed by atoms with Crippen molar-refractivity contribution in [2.24, 2.45) is 0 Å². The Kier molecular flexibility index (Phi) is 2.26. The molecule has 3 rings (SSSR count). The van der Waals surface area contributed by atoms with Crippen molar-refractivity contribution in [3.63, 3.8) is 0 Å². The summed E-state index contributed by atoms with van der Waals surface area (Å²) in [4.78, 5) is 21.9. The maximum absolute atomic E-state index is 11.0. The fourth-order valence-corrected chi connectivity index (χ4v) is 1.70. The first kappa shape index (κ1) is 10.4. The van der Waals surface area contributed by atoms with Crippen LogP contribution < -0.4 is 11.3 Å². The Morgan fingerprint density at radius 2 is 1.28 bits per heavy atom. The molecule has 2 aromatic heterocycles. The van der Waals surface area contributed by atoms with E-state index in [1.54, 1.807) is 6.07 Å². The summed E-state index contributed by atoms with van der Waals surface area (Å²) in [5.41, 5.74) is 1.83. The molecule has 2 heterocycles. The van der Waals surface area contributed by atoms with Gasteiger partial charge in [0.15, 0.2) is 0 Å². The van der Waals surface area contributed by atoms with Crippen molar-refractivity contribution < 1.29 is 9.05 Å². The Labute approximate surface area is 99.8 Å². The summed E-state index contributed by atoms with van der Waals surface area (Å²) in [7, 11) is 0. The largest absolute Gasteiger partial charge is 0.357 e. The first-order valence-electron chi connectivity index (χ1n) is 5.20. The van der Waals surface area contributed by atoms with E-state index in [4.69, 9.17) is 0 Å². The molecule has 2 N–H and O–H groups in total. The van der Waals surface area contributed by atoms with Gasteiger partial charge in [-0.3, -0.25) is 0 Å². The lowest BCUT2D eigenvalue weighted by molar-refractivity contribution is 0.393. The smallest absolute Gasteiger partial charge is 0.339 e. The highest BCUT2D eigenvalue weighted by Crippen LogP contribution is 2.22. The number of rotatable bonds is 2. The molecule has 1 aromatic carbocycles. The summed E-state index contributed by atoms with van der Waals surface area (Å²) < 4.78 is 9.22. The minimum atomic E-state index is -0.438. The van der Waals surface area contributed by atoms with E-state index in [0.717, 1.165) is 11.1 Å². The minimum absolute atomic E-state index is 0.438. The number of nitrogens with one attached hydrogen (secondary N) is 2. The van der Waals surface area contributed by atoms with Crippen LogP contribution in [-0.2, 0) is 0 Å². The van der Waals surface area contributed by atoms with Gasteiger partial charge in [0.2, 0.25) is 0 Å². The molecule has 0 aliphatic carbocycles. The Morgan fingerprint density at radius 1 is 0.778 bits per heavy atom. The normalized spacial score (nSPS) is 10.7. The Hall–Kier alpha value is -2.76. The van der Waals surface area contributed by atoms with Crippen LogP contribution in [0.1, 0.15) is 0 Å². The third-order valence-electron chi connectivity index (χ3n) is 2.53. The van der Waals surface area contributed by atoms with E-state index >= 15 is 0 Å². The predicted octanol–water partition coefficient (Wildman–Crippen LogP) is 1.58. The number of aromatic amines is 2. The van der Waals surface area contributed by atoms with Crippen molar-refractivity contribution in [1.82, 2.24) is 10.3 Å². The predicted molar refractivity (Wildman–Crippen MR) is 63.1 cm³/mol. The van der Waals surface area contributed by atoms with E-state index in [0.29, 0.717) is 11.4 Å². The van der Waals surface area contributed by atoms with Crippen LogP contribution in [0.15, 0.2) is 55.0 Å². The van der Waals surface area contributed by atoms with Crippen LogP contribution >= 0.6 is 0 Å². The van der Waals surface area contributed by atoms with Crippen LogP contribution in [0.3, 0.4) is 0 Å². The lowest BCUT2D eigenvalue weighted by Crippen LogP contribution is -1.86. The summed E-state index contributed by atoms with van der Waals surface area (Å²) in [6.45, 7) is 0. The van der Waals surface area contributed by atoms with Gasteiger partial charge in [-0.05, 0) is 6.07 Å². The van der Waals surface area contributed by atoms with E-state index in [-0.39, 0.29) is 0 Å². The molecule has 0 aliphatic heterocycles. The van der Waals surface area contributed by atoms with E-state index in [2.05, 4.69) is 19.4 Å². The summed E-state index contributed by atoms with van der Waals surface area (Å²) >= 11 is 0. The minimum Gasteiger partial charge on any atom is -0.339 e. The number of H-pyrrole nitrogens is 2. The number of benzene rings is 1. The highest BCUT2D eigenvalue weighted by molar-refractivity contribution is 5.68. The monoisotopic (exact) mass is 244 g/mol. The van der Waals surface area contributed by atoms with Crippen molar-refractivity contribution >= 4 is 0 Å². The van der Waals surface area contributed by atoms with Crippen LogP contribution in [0.5, 0.6) is 0 Å². The quantitative estimate of drug-likeness (QED) is 0.715. The molecule has 0 fully saturated rings. The Morgan fingerprint density at radius 3 is 1.67 bits per heavy atom. The number of hydrogen-bond acceptors (Lipinski definition) is 4. The molecule has 90 valence electrons. The van der Waals surface area contributed by atoms with E-state index in [9.17, 15) is 9.59 Å². The van der Waals surface area contributed by atoms with Gasteiger partial charge in [-0.25, -0.2) is 19.9 Å². The Bertz CT molecular complexity index is 727. The number of hydrogen-bond donors (Lipinski definition) is 2. The fraction of sp³-hybridized carbons (Fsp3) is 0. The van der Waals surface area contributed by atoms with Crippen LogP contribution in [-0.4, -0.2) is 10.3 Å². The van der Waals surface area contributed by atoms with Gasteiger partial charge in [0.05, 0.1) is 23.5 Å². The molecule has 6 heteroatoms. The van der Waals surface area contributed by atoms with Crippen LogP contribution in [0.25, 0.3) is 22.5 Å². The van der Waals surface area contributed by atoms with Crippen LogP contribution in [0, 0.1) is 0 Å². The molecular formula is C12H8N2O4. The van der Waals surface area contributed by atoms with Crippen molar-refractivity contribution in [1.29, 1.82) is 0 Å². The van der Waals surface area contributed by atoms with E-state index in [1.165, 1.54) is 12.1 Å². The van der Waals surface area contributed by atoms with Gasteiger partial charge in [-0.1, -0.05) is 18.2 Å². The van der Waals surface area contributed by atoms with Gasteiger partial charge in [-0.2, -0.15) is 0 Å². The molecule has 18 heavy (non-hydrogen) atoms. The average molecular weight is 244 g/mol. The molecule has 0 radical (unpaired) electrons. The third kappa shape index (κ3) is 1.80. The second kappa shape index (κ2) is 3.92. The van der Waals surface area contributed by atoms with Gasteiger partial charge in [0.25, 0.3) is 0 Å². The third-order valence-corrected chi connectivity index (χ3v) is 2.53. The zero-order valence-corrected chi connectivity index (χ0v) is 9.10. The van der Waals surface area contributed by atoms with Gasteiger partial charge >= 0.3 is 11.3 Å². The first-order valence-corrected chi connectivity index (χ1v) is 5.20. The zero-order chi connectivity index (χ0) is 12.5. The molecular weight excluding hydrogens is 236 g/mol. The Balaban J connectivity index is 2.09. The van der Waals surface area contributed by atoms with Crippen molar-refractivity contribution in [3.05, 3.63) is 57.2 Å². The fourth-order valence-electron chi connectivity index (χ4n) is 1.70. The van der Waals surface area contributed by atoms with Crippen molar-refractivity contribution in [3.8, 4) is 22.5 Å². The molecule has 0 atom stereocenters. The van der Waals surface area contributed by atoms with Crippen LogP contribution in [0.4, 0.5) is 0 Å². The van der Waals surface area contributed by atoms with Gasteiger partial charge in [0.1, 0.15) is 0 Å². The van der Waals surface area contributed by atoms with E-state index < -0.39 is 11.3 Å². The van der Waals surface area contributed by atoms with E-state index in [1.807, 2.05) is 18.2 Å². The maximum Gasteiger partial charge on any atom is 0.357 e. The lowest BCUT2D eigenvalue weighted by atomic mass is 10.1. The lowest BCUT2D eigenvalue weighted by Gasteiger charge is -2.00. The molecule has 0 saturated heterocycles. The van der Waals surface area contributed by atoms with Gasteiger partial charge in [0, 0.05) is 11.1 Å². The van der Waals surface area contributed by atoms with Crippen molar-refractivity contribution in [2.75, 3.05) is 0 Å². The number of aromatic nitrogens is 2. The van der Waals surface area contributed by atoms with Crippen molar-refractivity contribution in [2.45, 2.75) is 0 Å². The average Bonchev–Trinajstić information content (AvgIpc) is 2.98. The molecule has 6 nitrogen and oxygen atoms in total. The summed E-state index contributed by atoms with van der Waals surface area (Å²) in [5, 5.41) is 5.05. The van der Waals surface area contributed by atoms with Gasteiger partial charge in [-0.15, -0.1) is 0 Å².